The fraction of sp³-hybridized carbons (Fsp3) is 0.500. The van der Waals surface area contributed by atoms with E-state index in [1.807, 2.05) is 33.8 Å². The summed E-state index contributed by atoms with van der Waals surface area (Å²) < 4.78 is 7.12. The predicted molar refractivity (Wildman–Crippen MR) is 102 cm³/mol. The Hall–Kier alpha value is -2.34. The summed E-state index contributed by atoms with van der Waals surface area (Å²) in [4.78, 5) is 17.4. The van der Waals surface area contributed by atoms with Gasteiger partial charge in [0.15, 0.2) is 0 Å². The van der Waals surface area contributed by atoms with Gasteiger partial charge in [-0.3, -0.25) is 4.79 Å². The number of benzene rings is 1. The van der Waals surface area contributed by atoms with Crippen LogP contribution < -0.4 is 4.74 Å². The van der Waals surface area contributed by atoms with Crippen LogP contribution >= 0.6 is 0 Å². The van der Waals surface area contributed by atoms with E-state index < -0.39 is 0 Å². The largest absolute Gasteiger partial charge is 0.497 e. The SMILES string of the molecule is CCCc1c(C(=O)N2CCN(CC)CC2)cnn1-c1ccc(OC)cc1. The molecule has 1 amide bonds. The van der Waals surface area contributed by atoms with Crippen molar-refractivity contribution in [1.82, 2.24) is 19.6 Å². The summed E-state index contributed by atoms with van der Waals surface area (Å²) in [5, 5.41) is 4.53. The smallest absolute Gasteiger partial charge is 0.257 e. The molecule has 26 heavy (non-hydrogen) atoms. The van der Waals surface area contributed by atoms with Crippen molar-refractivity contribution in [2.24, 2.45) is 0 Å². The predicted octanol–water partition coefficient (Wildman–Crippen LogP) is 2.61. The zero-order chi connectivity index (χ0) is 18.5. The average Bonchev–Trinajstić information content (AvgIpc) is 3.11. The third-order valence-corrected chi connectivity index (χ3v) is 5.01. The maximum atomic E-state index is 13.1. The van der Waals surface area contributed by atoms with E-state index in [0.29, 0.717) is 0 Å². The Morgan fingerprint density at radius 1 is 1.12 bits per heavy atom. The summed E-state index contributed by atoms with van der Waals surface area (Å²) in [5.74, 6) is 0.909. The lowest BCUT2D eigenvalue weighted by Gasteiger charge is -2.34. The van der Waals surface area contributed by atoms with E-state index in [2.05, 4.69) is 23.8 Å². The van der Waals surface area contributed by atoms with Crippen molar-refractivity contribution < 1.29 is 9.53 Å². The molecule has 0 N–H and O–H groups in total. The van der Waals surface area contributed by atoms with Crippen molar-refractivity contribution >= 4 is 5.91 Å². The van der Waals surface area contributed by atoms with Crippen LogP contribution in [-0.4, -0.2) is 65.3 Å². The molecule has 0 atom stereocenters. The summed E-state index contributed by atoms with van der Waals surface area (Å²) in [6.45, 7) is 8.78. The Morgan fingerprint density at radius 3 is 2.38 bits per heavy atom. The summed E-state index contributed by atoms with van der Waals surface area (Å²) in [5.41, 5.74) is 2.66. The van der Waals surface area contributed by atoms with Gasteiger partial charge in [-0.2, -0.15) is 5.10 Å². The van der Waals surface area contributed by atoms with E-state index in [1.54, 1.807) is 13.3 Å². The van der Waals surface area contributed by atoms with Crippen LogP contribution in [0.5, 0.6) is 5.75 Å². The number of piperazine rings is 1. The van der Waals surface area contributed by atoms with Crippen LogP contribution in [0.2, 0.25) is 0 Å². The minimum atomic E-state index is 0.101. The number of amides is 1. The second kappa shape index (κ2) is 8.36. The lowest BCUT2D eigenvalue weighted by Crippen LogP contribution is -2.48. The fourth-order valence-corrected chi connectivity index (χ4v) is 3.41. The highest BCUT2D eigenvalue weighted by molar-refractivity contribution is 5.95. The van der Waals surface area contributed by atoms with Crippen molar-refractivity contribution in [2.75, 3.05) is 39.8 Å². The van der Waals surface area contributed by atoms with Gasteiger partial charge in [0, 0.05) is 26.2 Å². The molecule has 6 nitrogen and oxygen atoms in total. The van der Waals surface area contributed by atoms with Gasteiger partial charge in [0.05, 0.1) is 30.3 Å². The Kier molecular flexibility index (Phi) is 5.93. The Balaban J connectivity index is 1.85. The van der Waals surface area contributed by atoms with Crippen LogP contribution in [-0.2, 0) is 6.42 Å². The van der Waals surface area contributed by atoms with Gasteiger partial charge in [0.2, 0.25) is 0 Å². The molecule has 2 aromatic rings. The van der Waals surface area contributed by atoms with Crippen molar-refractivity contribution in [3.05, 3.63) is 41.7 Å². The van der Waals surface area contributed by atoms with Gasteiger partial charge in [-0.05, 0) is 37.2 Å². The number of carbonyl (C=O) groups excluding carboxylic acids is 1. The van der Waals surface area contributed by atoms with E-state index in [0.717, 1.165) is 68.3 Å². The molecule has 0 aliphatic carbocycles. The Bertz CT molecular complexity index is 731. The Morgan fingerprint density at radius 2 is 1.81 bits per heavy atom. The van der Waals surface area contributed by atoms with Gasteiger partial charge >= 0.3 is 0 Å². The highest BCUT2D eigenvalue weighted by Crippen LogP contribution is 2.21. The molecule has 6 heteroatoms. The number of rotatable bonds is 6. The standard InChI is InChI=1S/C20H28N4O2/c1-4-6-19-18(20(25)23-13-11-22(5-2)12-14-23)15-21-24(19)16-7-9-17(26-3)10-8-16/h7-10,15H,4-6,11-14H2,1-3H3. The van der Waals surface area contributed by atoms with Crippen LogP contribution in [0.3, 0.4) is 0 Å². The number of hydrogen-bond donors (Lipinski definition) is 0. The zero-order valence-corrected chi connectivity index (χ0v) is 15.9. The zero-order valence-electron chi connectivity index (χ0n) is 15.9. The number of likely N-dealkylation sites (N-methyl/N-ethyl adjacent to an activating group) is 1. The first-order chi connectivity index (χ1) is 12.7. The van der Waals surface area contributed by atoms with Crippen LogP contribution in [0.4, 0.5) is 0 Å². The van der Waals surface area contributed by atoms with E-state index >= 15 is 0 Å². The number of hydrogen-bond acceptors (Lipinski definition) is 4. The second-order valence-electron chi connectivity index (χ2n) is 6.59. The summed E-state index contributed by atoms with van der Waals surface area (Å²) in [6, 6.07) is 7.77. The molecule has 0 spiro atoms. The van der Waals surface area contributed by atoms with Gasteiger partial charge in [0.1, 0.15) is 5.75 Å². The molecule has 1 saturated heterocycles. The minimum absolute atomic E-state index is 0.101. The topological polar surface area (TPSA) is 50.6 Å². The first-order valence-electron chi connectivity index (χ1n) is 9.40. The van der Waals surface area contributed by atoms with Crippen LogP contribution in [0.25, 0.3) is 5.69 Å². The molecule has 1 fully saturated rings. The molecule has 0 bridgehead atoms. The highest BCUT2D eigenvalue weighted by Gasteiger charge is 2.25. The third kappa shape index (κ3) is 3.75. The lowest BCUT2D eigenvalue weighted by molar-refractivity contribution is 0.0642. The molecule has 0 unspecified atom stereocenters. The van der Waals surface area contributed by atoms with Gasteiger partial charge in [0.25, 0.3) is 5.91 Å². The molecular weight excluding hydrogens is 328 g/mol. The first kappa shape index (κ1) is 18.5. The molecule has 1 aromatic carbocycles. The normalized spacial score (nSPS) is 15.3. The fourth-order valence-electron chi connectivity index (χ4n) is 3.41. The average molecular weight is 356 g/mol. The summed E-state index contributed by atoms with van der Waals surface area (Å²) in [7, 11) is 1.65. The molecule has 1 aliphatic heterocycles. The van der Waals surface area contributed by atoms with Crippen molar-refractivity contribution in [1.29, 1.82) is 0 Å². The number of carbonyl (C=O) groups is 1. The van der Waals surface area contributed by atoms with Gasteiger partial charge < -0.3 is 14.5 Å². The van der Waals surface area contributed by atoms with Crippen LogP contribution in [0, 0.1) is 0 Å². The molecule has 140 valence electrons. The molecule has 3 rings (SSSR count). The Labute approximate surface area is 155 Å². The van der Waals surface area contributed by atoms with Crippen molar-refractivity contribution in [3.8, 4) is 11.4 Å². The maximum absolute atomic E-state index is 13.1. The van der Waals surface area contributed by atoms with E-state index in [9.17, 15) is 4.79 Å². The van der Waals surface area contributed by atoms with Crippen molar-refractivity contribution in [2.45, 2.75) is 26.7 Å². The monoisotopic (exact) mass is 356 g/mol. The maximum Gasteiger partial charge on any atom is 0.257 e. The van der Waals surface area contributed by atoms with Crippen LogP contribution in [0.15, 0.2) is 30.5 Å². The van der Waals surface area contributed by atoms with Crippen LogP contribution in [0.1, 0.15) is 36.3 Å². The lowest BCUT2D eigenvalue weighted by atomic mass is 10.1. The molecule has 0 radical (unpaired) electrons. The highest BCUT2D eigenvalue weighted by atomic mass is 16.5. The first-order valence-corrected chi connectivity index (χ1v) is 9.40. The molecule has 0 saturated carbocycles. The minimum Gasteiger partial charge on any atom is -0.497 e. The number of methoxy groups -OCH3 is 1. The third-order valence-electron chi connectivity index (χ3n) is 5.01. The van der Waals surface area contributed by atoms with E-state index in [4.69, 9.17) is 4.74 Å². The van der Waals surface area contributed by atoms with Gasteiger partial charge in [-0.25, -0.2) is 4.68 Å². The van der Waals surface area contributed by atoms with Gasteiger partial charge in [-0.1, -0.05) is 20.3 Å². The molecule has 1 aliphatic rings. The summed E-state index contributed by atoms with van der Waals surface area (Å²) in [6.07, 6.45) is 3.51. The molecular formula is C20H28N4O2. The molecule has 1 aromatic heterocycles. The van der Waals surface area contributed by atoms with Crippen molar-refractivity contribution in [3.63, 3.8) is 0 Å². The summed E-state index contributed by atoms with van der Waals surface area (Å²) >= 11 is 0. The number of ether oxygens (including phenoxy) is 1. The molecule has 2 heterocycles. The van der Waals surface area contributed by atoms with E-state index in [-0.39, 0.29) is 5.91 Å². The quantitative estimate of drug-likeness (QED) is 0.798. The van der Waals surface area contributed by atoms with Gasteiger partial charge in [-0.15, -0.1) is 0 Å². The van der Waals surface area contributed by atoms with E-state index in [1.165, 1.54) is 0 Å². The number of nitrogens with zero attached hydrogens (tertiary/aromatic N) is 4. The second-order valence-corrected chi connectivity index (χ2v) is 6.59. The number of aromatic nitrogens is 2.